The van der Waals surface area contributed by atoms with Gasteiger partial charge in [0.2, 0.25) is 5.91 Å². The van der Waals surface area contributed by atoms with Crippen LogP contribution in [-0.2, 0) is 14.6 Å². The zero-order chi connectivity index (χ0) is 20.4. The largest absolute Gasteiger partial charge is 0.497 e. The Morgan fingerprint density at radius 3 is 2.48 bits per heavy atom. The second kappa shape index (κ2) is 7.96. The molecule has 0 unspecified atom stereocenters. The molecule has 0 atom stereocenters. The molecule has 0 radical (unpaired) electrons. The highest BCUT2D eigenvalue weighted by atomic mass is 32.2. The molecule has 10 heteroatoms. The van der Waals surface area contributed by atoms with Crippen molar-refractivity contribution in [2.75, 3.05) is 43.9 Å². The van der Waals surface area contributed by atoms with Crippen LogP contribution in [-0.4, -0.2) is 67.0 Å². The van der Waals surface area contributed by atoms with Crippen LogP contribution in [0.4, 0.5) is 5.69 Å². The van der Waals surface area contributed by atoms with Crippen LogP contribution in [0.5, 0.6) is 5.75 Å². The highest BCUT2D eigenvalue weighted by Crippen LogP contribution is 2.23. The summed E-state index contributed by atoms with van der Waals surface area (Å²) >= 11 is 0.957. The monoisotopic (exact) mass is 432 g/mol. The molecule has 4 rings (SSSR count). The van der Waals surface area contributed by atoms with E-state index in [1.165, 1.54) is 6.07 Å². The van der Waals surface area contributed by atoms with E-state index >= 15 is 0 Å². The van der Waals surface area contributed by atoms with Gasteiger partial charge in [-0.2, -0.15) is 8.75 Å². The fraction of sp³-hybridized carbons (Fsp3) is 0.316. The lowest BCUT2D eigenvalue weighted by molar-refractivity contribution is -0.128. The van der Waals surface area contributed by atoms with Gasteiger partial charge in [-0.3, -0.25) is 4.79 Å². The quantitative estimate of drug-likeness (QED) is 0.607. The summed E-state index contributed by atoms with van der Waals surface area (Å²) in [6, 6.07) is 12.5. The maximum absolute atomic E-state index is 12.8. The number of benzene rings is 2. The molecule has 0 N–H and O–H groups in total. The summed E-state index contributed by atoms with van der Waals surface area (Å²) in [6.45, 7) is 2.24. The lowest BCUT2D eigenvalue weighted by Crippen LogP contribution is -2.50. The van der Waals surface area contributed by atoms with E-state index in [9.17, 15) is 13.2 Å². The molecule has 3 aromatic rings. The first-order valence-corrected chi connectivity index (χ1v) is 11.5. The molecule has 0 aliphatic carbocycles. The van der Waals surface area contributed by atoms with Gasteiger partial charge in [-0.25, -0.2) is 8.42 Å². The Morgan fingerprint density at radius 2 is 1.79 bits per heavy atom. The first-order valence-electron chi connectivity index (χ1n) is 9.09. The third-order valence-corrected chi connectivity index (χ3v) is 7.14. The van der Waals surface area contributed by atoms with E-state index in [0.717, 1.165) is 23.2 Å². The number of fused-ring (bicyclic) bond motifs is 1. The predicted molar refractivity (Wildman–Crippen MR) is 111 cm³/mol. The van der Waals surface area contributed by atoms with Crippen LogP contribution in [0.2, 0.25) is 0 Å². The summed E-state index contributed by atoms with van der Waals surface area (Å²) in [5.41, 5.74) is 1.90. The van der Waals surface area contributed by atoms with E-state index in [-0.39, 0.29) is 10.8 Å². The summed E-state index contributed by atoms with van der Waals surface area (Å²) in [5.74, 6) is -0.163. The maximum atomic E-state index is 12.8. The zero-order valence-corrected chi connectivity index (χ0v) is 17.4. The van der Waals surface area contributed by atoms with Crippen molar-refractivity contribution in [1.82, 2.24) is 13.6 Å². The van der Waals surface area contributed by atoms with Crippen LogP contribution in [0.15, 0.2) is 47.4 Å². The molecule has 1 aromatic heterocycles. The number of methoxy groups -OCH3 is 1. The Kier molecular flexibility index (Phi) is 5.37. The molecule has 0 saturated carbocycles. The number of ether oxygens (including phenoxy) is 1. The highest BCUT2D eigenvalue weighted by Gasteiger charge is 2.28. The summed E-state index contributed by atoms with van der Waals surface area (Å²) in [7, 11) is -2.17. The number of nitrogens with zero attached hydrogens (tertiary/aromatic N) is 4. The van der Waals surface area contributed by atoms with E-state index in [2.05, 4.69) is 13.6 Å². The van der Waals surface area contributed by atoms with Crippen LogP contribution in [0.25, 0.3) is 11.0 Å². The minimum Gasteiger partial charge on any atom is -0.497 e. The van der Waals surface area contributed by atoms with Crippen molar-refractivity contribution in [2.45, 2.75) is 4.90 Å². The summed E-state index contributed by atoms with van der Waals surface area (Å²) in [5, 5.41) is 0. The zero-order valence-electron chi connectivity index (χ0n) is 15.8. The van der Waals surface area contributed by atoms with E-state index in [4.69, 9.17) is 4.74 Å². The summed E-state index contributed by atoms with van der Waals surface area (Å²) in [4.78, 5) is 16.5. The van der Waals surface area contributed by atoms with E-state index in [1.807, 2.05) is 24.3 Å². The third-order valence-electron chi connectivity index (χ3n) is 4.97. The number of carbonyl (C=O) groups excluding carboxylic acids is 1. The van der Waals surface area contributed by atoms with Gasteiger partial charge in [0.25, 0.3) is 0 Å². The molecule has 1 amide bonds. The summed E-state index contributed by atoms with van der Waals surface area (Å²) < 4.78 is 38.9. The first kappa shape index (κ1) is 19.6. The van der Waals surface area contributed by atoms with Gasteiger partial charge in [-0.15, -0.1) is 0 Å². The molecule has 29 heavy (non-hydrogen) atoms. The van der Waals surface area contributed by atoms with Gasteiger partial charge >= 0.3 is 0 Å². The molecule has 1 aliphatic rings. The SMILES string of the molecule is COc1ccc(N2CCN(C(=O)CS(=O)(=O)c3cccc4nsnc34)CC2)cc1. The van der Waals surface area contributed by atoms with Crippen molar-refractivity contribution >= 4 is 44.2 Å². The number of carbonyl (C=O) groups is 1. The Balaban J connectivity index is 1.41. The van der Waals surface area contributed by atoms with Gasteiger partial charge in [-0.1, -0.05) is 6.07 Å². The van der Waals surface area contributed by atoms with E-state index < -0.39 is 15.6 Å². The summed E-state index contributed by atoms with van der Waals surface area (Å²) in [6.07, 6.45) is 0. The molecule has 0 spiro atoms. The smallest absolute Gasteiger partial charge is 0.238 e. The molecule has 2 aromatic carbocycles. The lowest BCUT2D eigenvalue weighted by Gasteiger charge is -2.36. The molecule has 152 valence electrons. The lowest BCUT2D eigenvalue weighted by atomic mass is 10.2. The minimum atomic E-state index is -3.79. The van der Waals surface area contributed by atoms with Gasteiger partial charge in [0.1, 0.15) is 22.5 Å². The van der Waals surface area contributed by atoms with Gasteiger partial charge in [0.15, 0.2) is 9.84 Å². The van der Waals surface area contributed by atoms with E-state index in [1.54, 1.807) is 24.1 Å². The normalized spacial score (nSPS) is 14.9. The van der Waals surface area contributed by atoms with Crippen molar-refractivity contribution in [1.29, 1.82) is 0 Å². The molecular formula is C19H20N4O4S2. The Morgan fingerprint density at radius 1 is 1.07 bits per heavy atom. The van der Waals surface area contributed by atoms with Crippen molar-refractivity contribution in [2.24, 2.45) is 0 Å². The maximum Gasteiger partial charge on any atom is 0.238 e. The molecule has 8 nitrogen and oxygen atoms in total. The predicted octanol–water partition coefficient (Wildman–Crippen LogP) is 1.82. The average molecular weight is 433 g/mol. The second-order valence-corrected chi connectivity index (χ2v) is 9.20. The number of hydrogen-bond donors (Lipinski definition) is 0. The van der Waals surface area contributed by atoms with Crippen LogP contribution < -0.4 is 9.64 Å². The van der Waals surface area contributed by atoms with Gasteiger partial charge in [0.05, 0.1) is 23.7 Å². The van der Waals surface area contributed by atoms with Crippen molar-refractivity contribution in [3.05, 3.63) is 42.5 Å². The highest BCUT2D eigenvalue weighted by molar-refractivity contribution is 7.92. The number of hydrogen-bond acceptors (Lipinski definition) is 8. The van der Waals surface area contributed by atoms with Crippen LogP contribution in [0.1, 0.15) is 0 Å². The third kappa shape index (κ3) is 4.03. The molecule has 2 heterocycles. The fourth-order valence-corrected chi connectivity index (χ4v) is 5.37. The Labute approximate surface area is 173 Å². The van der Waals surface area contributed by atoms with Gasteiger partial charge in [0, 0.05) is 31.9 Å². The van der Waals surface area contributed by atoms with Crippen LogP contribution in [0.3, 0.4) is 0 Å². The number of rotatable bonds is 5. The number of anilines is 1. The van der Waals surface area contributed by atoms with Crippen LogP contribution >= 0.6 is 11.7 Å². The molecule has 1 aliphatic heterocycles. The van der Waals surface area contributed by atoms with Crippen LogP contribution in [0, 0.1) is 0 Å². The Hall–Kier alpha value is -2.72. The standard InChI is InChI=1S/C19H20N4O4S2/c1-27-15-7-5-14(6-8-15)22-9-11-23(12-10-22)18(24)13-29(25,26)17-4-2-3-16-19(17)21-28-20-16/h2-8H,9-13H2,1H3. The first-order chi connectivity index (χ1) is 14.0. The fourth-order valence-electron chi connectivity index (χ4n) is 3.37. The number of sulfone groups is 1. The van der Waals surface area contributed by atoms with Crippen molar-refractivity contribution in [3.8, 4) is 5.75 Å². The second-order valence-electron chi connectivity index (χ2n) is 6.71. The van der Waals surface area contributed by atoms with E-state index in [0.29, 0.717) is 37.2 Å². The number of aromatic nitrogens is 2. The number of piperazine rings is 1. The van der Waals surface area contributed by atoms with Gasteiger partial charge in [-0.05, 0) is 36.4 Å². The molecule has 1 saturated heterocycles. The molecule has 1 fully saturated rings. The minimum absolute atomic E-state index is 0.0639. The molecular weight excluding hydrogens is 412 g/mol. The van der Waals surface area contributed by atoms with Crippen molar-refractivity contribution < 1.29 is 17.9 Å². The topological polar surface area (TPSA) is 92.7 Å². The average Bonchev–Trinajstić information content (AvgIpc) is 3.22. The van der Waals surface area contributed by atoms with Gasteiger partial charge < -0.3 is 14.5 Å². The Bertz CT molecular complexity index is 1120. The number of amides is 1. The van der Waals surface area contributed by atoms with Crippen molar-refractivity contribution in [3.63, 3.8) is 0 Å². The molecule has 0 bridgehead atoms.